The lowest BCUT2D eigenvalue weighted by atomic mass is 10.1. The summed E-state index contributed by atoms with van der Waals surface area (Å²) in [6.07, 6.45) is 0. The van der Waals surface area contributed by atoms with Crippen molar-refractivity contribution in [2.45, 2.75) is 24.5 Å². The van der Waals surface area contributed by atoms with Gasteiger partial charge < -0.3 is 10.8 Å². The fourth-order valence-electron chi connectivity index (χ4n) is 7.06. The Morgan fingerprint density at radius 2 is 0.868 bits per heavy atom. The van der Waals surface area contributed by atoms with Gasteiger partial charge in [-0.05, 0) is 84.2 Å². The monoisotopic (exact) mass is 1020 g/mol. The molecule has 8 rings (SSSR count). The fourth-order valence-corrected chi connectivity index (χ4v) is 10.0. The second-order valence-electron chi connectivity index (χ2n) is 14.4. The maximum Gasteiger partial charge on any atom is 0.295 e. The van der Waals surface area contributed by atoms with Gasteiger partial charge >= 0.3 is 0 Å². The van der Waals surface area contributed by atoms with Crippen LogP contribution in [0.3, 0.4) is 0 Å². The first-order valence-electron chi connectivity index (χ1n) is 18.6. The van der Waals surface area contributed by atoms with Crippen molar-refractivity contribution in [2.24, 2.45) is 30.7 Å². The highest BCUT2D eigenvalue weighted by Gasteiger charge is 2.23. The number of nitrogen functional groups attached to an aromatic ring is 1. The molecule has 8 aromatic carbocycles. The predicted molar refractivity (Wildman–Crippen MR) is 243 cm³/mol. The second-order valence-corrected chi connectivity index (χ2v) is 21.5. The van der Waals surface area contributed by atoms with Crippen LogP contribution in [0.5, 0.6) is 5.75 Å². The van der Waals surface area contributed by atoms with Gasteiger partial charge in [-0.15, -0.1) is 25.6 Å². The van der Waals surface area contributed by atoms with Crippen molar-refractivity contribution in [3.63, 3.8) is 0 Å². The van der Waals surface area contributed by atoms with E-state index in [1.807, 2.05) is 0 Å². The number of benzene rings is 8. The molecule has 0 heterocycles. The Morgan fingerprint density at radius 1 is 0.382 bits per heavy atom. The quantitative estimate of drug-likeness (QED) is 0.0360. The smallest absolute Gasteiger partial charge is 0.295 e. The molecule has 0 aliphatic carbocycles. The minimum Gasteiger partial charge on any atom is -0.507 e. The molecule has 0 amide bonds. The molecule has 0 bridgehead atoms. The lowest BCUT2D eigenvalue weighted by Gasteiger charge is -2.10. The largest absolute Gasteiger partial charge is 0.507 e. The minimum atomic E-state index is -5.01. The second kappa shape index (κ2) is 16.8. The molecule has 0 aliphatic rings. The molecular weight excluding hydrogens is 995 g/mol. The molecule has 0 atom stereocenters. The average Bonchev–Trinajstić information content (AvgIpc) is 3.25. The first-order chi connectivity index (χ1) is 31.7. The number of anilines is 1. The summed E-state index contributed by atoms with van der Waals surface area (Å²) in [6.45, 7) is 0. The zero-order chi connectivity index (χ0) is 49.3. The summed E-state index contributed by atoms with van der Waals surface area (Å²) in [5, 5.41) is 35.6. The molecule has 0 aromatic heterocycles. The molecule has 0 saturated carbocycles. The molecule has 68 heavy (non-hydrogen) atoms. The number of nitrogens with two attached hydrogens (primary N) is 1. The highest BCUT2D eigenvalue weighted by molar-refractivity contribution is 7.87. The van der Waals surface area contributed by atoms with Crippen LogP contribution < -0.4 is 5.73 Å². The number of phenols is 1. The van der Waals surface area contributed by atoms with E-state index in [1.54, 1.807) is 0 Å². The van der Waals surface area contributed by atoms with Crippen molar-refractivity contribution in [3.05, 3.63) is 115 Å². The highest BCUT2D eigenvalue weighted by atomic mass is 32.2. The first kappa shape index (κ1) is 47.3. The van der Waals surface area contributed by atoms with Crippen LogP contribution in [0.4, 0.5) is 39.8 Å². The van der Waals surface area contributed by atoms with E-state index in [0.717, 1.165) is 60.7 Å². The first-order valence-corrected chi connectivity index (χ1v) is 25.8. The summed E-state index contributed by atoms with van der Waals surface area (Å²) < 4.78 is 171. The van der Waals surface area contributed by atoms with Crippen molar-refractivity contribution in [1.82, 2.24) is 0 Å². The number of azo groups is 3. The van der Waals surface area contributed by atoms with Gasteiger partial charge in [0.05, 0.1) is 54.2 Å². The Hall–Kier alpha value is -7.25. The van der Waals surface area contributed by atoms with Crippen LogP contribution in [0, 0.1) is 0 Å². The van der Waals surface area contributed by atoms with E-state index in [4.69, 9.17) is 5.73 Å². The maximum absolute atomic E-state index is 12.4. The van der Waals surface area contributed by atoms with E-state index in [-0.39, 0.29) is 82.9 Å². The van der Waals surface area contributed by atoms with E-state index in [2.05, 4.69) is 30.7 Å². The van der Waals surface area contributed by atoms with Gasteiger partial charge in [0.2, 0.25) is 0 Å². The summed E-state index contributed by atoms with van der Waals surface area (Å²) in [5.41, 5.74) is 5.60. The molecule has 28 heteroatoms. The van der Waals surface area contributed by atoms with Crippen LogP contribution in [0.1, 0.15) is 0 Å². The third-order valence-corrected chi connectivity index (χ3v) is 14.4. The molecule has 0 spiro atoms. The number of hydrogen-bond acceptors (Lipinski definition) is 18. The minimum absolute atomic E-state index is 0.00865. The summed E-state index contributed by atoms with van der Waals surface area (Å²) in [5.74, 6) is -0.613. The summed E-state index contributed by atoms with van der Waals surface area (Å²) in [6, 6.07) is 21.8. The Labute approximate surface area is 383 Å². The van der Waals surface area contributed by atoms with Crippen LogP contribution in [0.15, 0.2) is 170 Å². The average molecular weight is 1020 g/mol. The molecule has 0 aliphatic heterocycles. The lowest BCUT2D eigenvalue weighted by Crippen LogP contribution is -2.03. The van der Waals surface area contributed by atoms with Gasteiger partial charge in [-0.1, -0.05) is 30.3 Å². The SMILES string of the molecule is Nc1ccc2cc(S(=O)(=O)O)cc(O)c2c1N=Nc1ccc(N=Nc2ccc(N=Nc3cc(S(=O)(=O)O)c4cccc(S(=O)(=O)O)c4c3)c3ccc(S(=O)(=O)O)cc23)c2cc(S(=O)(=O)O)ccc12. The summed E-state index contributed by atoms with van der Waals surface area (Å²) in [4.78, 5) is -3.25. The van der Waals surface area contributed by atoms with Gasteiger partial charge in [-0.25, -0.2) is 0 Å². The third kappa shape index (κ3) is 9.35. The summed E-state index contributed by atoms with van der Waals surface area (Å²) >= 11 is 0. The van der Waals surface area contributed by atoms with Gasteiger partial charge in [-0.3, -0.25) is 22.8 Å². The fraction of sp³-hybridized carbons (Fsp3) is 0. The van der Waals surface area contributed by atoms with Gasteiger partial charge in [0, 0.05) is 38.4 Å². The zero-order valence-electron chi connectivity index (χ0n) is 33.5. The molecule has 0 fully saturated rings. The predicted octanol–water partition coefficient (Wildman–Crippen LogP) is 9.07. The normalized spacial score (nSPS) is 13.3. The molecule has 0 radical (unpaired) electrons. The summed E-state index contributed by atoms with van der Waals surface area (Å²) in [7, 11) is -24.3. The van der Waals surface area contributed by atoms with Crippen molar-refractivity contribution >= 4 is 133 Å². The molecule has 23 nitrogen and oxygen atoms in total. The number of aromatic hydroxyl groups is 1. The number of rotatable bonds is 11. The van der Waals surface area contributed by atoms with E-state index >= 15 is 0 Å². The Morgan fingerprint density at radius 3 is 1.37 bits per heavy atom. The third-order valence-electron chi connectivity index (χ3n) is 10.1. The zero-order valence-corrected chi connectivity index (χ0v) is 37.6. The molecule has 8 N–H and O–H groups in total. The number of phenolic OH excluding ortho intramolecular Hbond substituents is 1. The standard InChI is InChI=1S/C40H27N7O16S5/c41-31-9-4-20-14-24(66(55,56)57)19-36(48)39(20)40(31)47-46-33-11-13-35(29-18-23(65(52,53)54)6-8-26(29)33)45-44-34-12-10-32(25-7-5-22(17-28(25)34)64(49,50)51)43-42-21-15-30-27(38(16-21)68(61,62)63)2-1-3-37(30)67(58,59)60/h1-19,48H,41H2,(H,49,50,51)(H,52,53,54)(H,55,56,57)(H,58,59,60)(H,61,62,63). The van der Waals surface area contributed by atoms with Gasteiger partial charge in [-0.2, -0.15) is 47.2 Å². The van der Waals surface area contributed by atoms with Crippen LogP contribution in [0.2, 0.25) is 0 Å². The number of fused-ring (bicyclic) bond motifs is 4. The van der Waals surface area contributed by atoms with E-state index in [1.165, 1.54) is 54.6 Å². The topological polar surface area (TPSA) is 392 Å². The Kier molecular flexibility index (Phi) is 11.7. The van der Waals surface area contributed by atoms with Gasteiger partial charge in [0.15, 0.2) is 0 Å². The molecule has 348 valence electrons. The van der Waals surface area contributed by atoms with Crippen molar-refractivity contribution in [3.8, 4) is 5.75 Å². The molecular formula is C40H27N7O16S5. The van der Waals surface area contributed by atoms with Crippen molar-refractivity contribution in [2.75, 3.05) is 5.73 Å². The highest BCUT2D eigenvalue weighted by Crippen LogP contribution is 2.43. The molecule has 8 aromatic rings. The Balaban J connectivity index is 1.24. The van der Waals surface area contributed by atoms with Crippen LogP contribution in [-0.4, -0.2) is 70.0 Å². The van der Waals surface area contributed by atoms with E-state index in [0.29, 0.717) is 0 Å². The molecule has 0 unspecified atom stereocenters. The van der Waals surface area contributed by atoms with Crippen molar-refractivity contribution < 1.29 is 70.0 Å². The maximum atomic E-state index is 12.4. The van der Waals surface area contributed by atoms with Crippen LogP contribution in [0.25, 0.3) is 43.1 Å². The molecule has 0 saturated heterocycles. The van der Waals surface area contributed by atoms with E-state index < -0.39 is 80.8 Å². The van der Waals surface area contributed by atoms with Crippen LogP contribution >= 0.6 is 0 Å². The van der Waals surface area contributed by atoms with E-state index in [9.17, 15) is 70.0 Å². The van der Waals surface area contributed by atoms with Gasteiger partial charge in [0.1, 0.15) is 21.2 Å². The Bertz CT molecular complexity index is 4210. The number of nitrogens with zero attached hydrogens (tertiary/aromatic N) is 6. The lowest BCUT2D eigenvalue weighted by molar-refractivity contribution is 0.471. The van der Waals surface area contributed by atoms with Crippen molar-refractivity contribution in [1.29, 1.82) is 0 Å². The van der Waals surface area contributed by atoms with Crippen LogP contribution in [-0.2, 0) is 50.6 Å². The van der Waals surface area contributed by atoms with Gasteiger partial charge in [0.25, 0.3) is 50.6 Å². The number of hydrogen-bond donors (Lipinski definition) is 7.